The molecule has 0 amide bonds. The molecule has 12 heavy (non-hydrogen) atoms. The van der Waals surface area contributed by atoms with Gasteiger partial charge in [0.05, 0.1) is 0 Å². The van der Waals surface area contributed by atoms with Gasteiger partial charge in [-0.05, 0) is 19.3 Å². The van der Waals surface area contributed by atoms with E-state index in [4.69, 9.17) is 4.74 Å². The molecule has 0 aromatic rings. The highest BCUT2D eigenvalue weighted by molar-refractivity contribution is 4.86. The summed E-state index contributed by atoms with van der Waals surface area (Å²) in [5.74, 6) is 1.06. The van der Waals surface area contributed by atoms with E-state index in [1.54, 1.807) is 7.11 Å². The van der Waals surface area contributed by atoms with Gasteiger partial charge in [-0.3, -0.25) is 0 Å². The zero-order valence-corrected chi connectivity index (χ0v) is 8.73. The van der Waals surface area contributed by atoms with Gasteiger partial charge in [-0.2, -0.15) is 0 Å². The van der Waals surface area contributed by atoms with Gasteiger partial charge in [0.15, 0.2) is 0 Å². The molecular weight excluding hydrogens is 148 g/mol. The largest absolute Gasteiger partial charge is 0.384 e. The van der Waals surface area contributed by atoms with Crippen LogP contribution in [0.15, 0.2) is 12.2 Å². The Morgan fingerprint density at radius 2 is 2.00 bits per heavy atom. The molecule has 0 radical (unpaired) electrons. The number of hydrogen-bond acceptors (Lipinski definition) is 1. The molecule has 1 heteroatoms. The van der Waals surface area contributed by atoms with Gasteiger partial charge in [0.1, 0.15) is 0 Å². The first kappa shape index (κ1) is 11.7. The van der Waals surface area contributed by atoms with Crippen molar-refractivity contribution in [3.8, 4) is 0 Å². The van der Waals surface area contributed by atoms with Gasteiger partial charge >= 0.3 is 0 Å². The van der Waals surface area contributed by atoms with Crippen molar-refractivity contribution >= 4 is 0 Å². The molecule has 1 saturated carbocycles. The van der Waals surface area contributed by atoms with Crippen LogP contribution in [0.1, 0.15) is 39.5 Å². The predicted molar refractivity (Wildman–Crippen MR) is 54.3 cm³/mol. The predicted octanol–water partition coefficient (Wildman–Crippen LogP) is 3.41. The summed E-state index contributed by atoms with van der Waals surface area (Å²) in [5, 5.41) is 0. The Labute approximate surface area is 76.8 Å². The minimum Gasteiger partial charge on any atom is -0.384 e. The van der Waals surface area contributed by atoms with Crippen molar-refractivity contribution in [2.24, 2.45) is 5.92 Å². The van der Waals surface area contributed by atoms with Crippen LogP contribution < -0.4 is 0 Å². The lowest BCUT2D eigenvalue weighted by Crippen LogP contribution is -2.04. The van der Waals surface area contributed by atoms with Crippen LogP contribution in [0.4, 0.5) is 0 Å². The topological polar surface area (TPSA) is 9.23 Å². The number of rotatable bonds is 3. The van der Waals surface area contributed by atoms with Crippen molar-refractivity contribution in [3.63, 3.8) is 0 Å². The summed E-state index contributed by atoms with van der Waals surface area (Å²) >= 11 is 0. The summed E-state index contributed by atoms with van der Waals surface area (Å²) in [7, 11) is 1.70. The molecule has 1 fully saturated rings. The lowest BCUT2D eigenvalue weighted by molar-refractivity contribution is 0.202. The minimum atomic E-state index is 0.801. The van der Waals surface area contributed by atoms with E-state index >= 15 is 0 Å². The fraction of sp³-hybridized carbons (Fsp3) is 0.818. The van der Waals surface area contributed by atoms with Crippen LogP contribution in [-0.4, -0.2) is 13.7 Å². The van der Waals surface area contributed by atoms with Crippen molar-refractivity contribution < 1.29 is 4.74 Å². The van der Waals surface area contributed by atoms with E-state index < -0.39 is 0 Å². The maximum absolute atomic E-state index is 4.79. The zero-order chi connectivity index (χ0) is 9.40. The van der Waals surface area contributed by atoms with E-state index in [1.807, 2.05) is 6.92 Å². The lowest BCUT2D eigenvalue weighted by Gasteiger charge is -2.18. The summed E-state index contributed by atoms with van der Waals surface area (Å²) in [4.78, 5) is 0. The Kier molecular flexibility index (Phi) is 7.17. The Bertz CT molecular complexity index is 114. The molecule has 0 spiro atoms. The summed E-state index contributed by atoms with van der Waals surface area (Å²) in [6.07, 6.45) is 5.44. The summed E-state index contributed by atoms with van der Waals surface area (Å²) < 4.78 is 4.79. The highest BCUT2D eigenvalue weighted by Crippen LogP contribution is 2.24. The molecular formula is C11H22O. The lowest BCUT2D eigenvalue weighted by atomic mass is 9.88. The van der Waals surface area contributed by atoms with Gasteiger partial charge in [0.25, 0.3) is 0 Å². The van der Waals surface area contributed by atoms with Gasteiger partial charge < -0.3 is 4.74 Å². The van der Waals surface area contributed by atoms with Crippen molar-refractivity contribution in [1.82, 2.24) is 0 Å². The van der Waals surface area contributed by atoms with E-state index in [2.05, 4.69) is 13.5 Å². The molecule has 1 nitrogen and oxygen atoms in total. The maximum Gasteiger partial charge on any atom is 0.0499 e. The highest BCUT2D eigenvalue weighted by Gasteiger charge is 2.09. The van der Waals surface area contributed by atoms with E-state index in [-0.39, 0.29) is 0 Å². The second-order valence-electron chi connectivity index (χ2n) is 3.74. The Morgan fingerprint density at radius 1 is 1.50 bits per heavy atom. The molecule has 1 aliphatic carbocycles. The average Bonchev–Trinajstić information content (AvgIpc) is 1.98. The molecule has 0 atom stereocenters. The number of ether oxygens (including phenoxy) is 1. The number of methoxy groups -OCH3 is 1. The molecule has 0 N–H and O–H groups in total. The van der Waals surface area contributed by atoms with Gasteiger partial charge in [-0.25, -0.2) is 0 Å². The first-order valence-corrected chi connectivity index (χ1v) is 4.80. The van der Waals surface area contributed by atoms with Crippen LogP contribution in [0.2, 0.25) is 0 Å². The summed E-state index contributed by atoms with van der Waals surface area (Å²) in [6, 6.07) is 0. The van der Waals surface area contributed by atoms with Gasteiger partial charge in [-0.15, -0.1) is 6.58 Å². The van der Waals surface area contributed by atoms with Gasteiger partial charge in [0.2, 0.25) is 0 Å². The van der Waals surface area contributed by atoms with E-state index in [0.29, 0.717) is 0 Å². The second kappa shape index (κ2) is 7.35. The maximum atomic E-state index is 4.79. The third-order valence-electron chi connectivity index (χ3n) is 2.13. The van der Waals surface area contributed by atoms with Crippen LogP contribution >= 0.6 is 0 Å². The monoisotopic (exact) mass is 170 g/mol. The van der Waals surface area contributed by atoms with Crippen molar-refractivity contribution in [2.45, 2.75) is 39.5 Å². The van der Waals surface area contributed by atoms with Crippen LogP contribution in [-0.2, 0) is 4.74 Å². The first-order chi connectivity index (χ1) is 5.66. The van der Waals surface area contributed by atoms with Gasteiger partial charge in [-0.1, -0.05) is 31.8 Å². The molecule has 0 heterocycles. The SMILES string of the molecule is C=C(C)CCOC.CC1CCC1. The minimum absolute atomic E-state index is 0.801. The fourth-order valence-electron chi connectivity index (χ4n) is 0.889. The highest BCUT2D eigenvalue weighted by atomic mass is 16.5. The van der Waals surface area contributed by atoms with Crippen molar-refractivity contribution in [3.05, 3.63) is 12.2 Å². The molecule has 72 valence electrons. The second-order valence-corrected chi connectivity index (χ2v) is 3.74. The Morgan fingerprint density at radius 3 is 2.08 bits per heavy atom. The van der Waals surface area contributed by atoms with Crippen LogP contribution in [0, 0.1) is 5.92 Å². The van der Waals surface area contributed by atoms with E-state index in [1.165, 1.54) is 24.8 Å². The third-order valence-corrected chi connectivity index (χ3v) is 2.13. The molecule has 1 aliphatic rings. The smallest absolute Gasteiger partial charge is 0.0499 e. The standard InChI is InChI=1S/C6H12O.C5H10/c1-6(2)4-5-7-3;1-5-3-2-4-5/h1,4-5H2,2-3H3;5H,2-4H2,1H3. The first-order valence-electron chi connectivity index (χ1n) is 4.80. The van der Waals surface area contributed by atoms with Crippen LogP contribution in [0.3, 0.4) is 0 Å². The van der Waals surface area contributed by atoms with E-state index in [9.17, 15) is 0 Å². The van der Waals surface area contributed by atoms with Gasteiger partial charge in [0, 0.05) is 13.7 Å². The number of hydrogen-bond donors (Lipinski definition) is 0. The molecule has 0 saturated heterocycles. The molecule has 0 unspecified atom stereocenters. The summed E-state index contributed by atoms with van der Waals surface area (Å²) in [5.41, 5.74) is 1.18. The van der Waals surface area contributed by atoms with Crippen LogP contribution in [0.25, 0.3) is 0 Å². The Balaban J connectivity index is 0.000000211. The van der Waals surface area contributed by atoms with Crippen molar-refractivity contribution in [2.75, 3.05) is 13.7 Å². The normalized spacial score (nSPS) is 15.9. The third kappa shape index (κ3) is 7.80. The van der Waals surface area contributed by atoms with E-state index in [0.717, 1.165) is 18.9 Å². The average molecular weight is 170 g/mol. The van der Waals surface area contributed by atoms with Crippen LogP contribution in [0.5, 0.6) is 0 Å². The summed E-state index contributed by atoms with van der Waals surface area (Å²) in [6.45, 7) is 8.82. The molecule has 0 bridgehead atoms. The fourth-order valence-corrected chi connectivity index (χ4v) is 0.889. The Hall–Kier alpha value is -0.300. The zero-order valence-electron chi connectivity index (χ0n) is 8.73. The molecule has 0 aliphatic heterocycles. The molecule has 1 rings (SSSR count). The molecule has 0 aromatic heterocycles. The molecule has 0 aromatic carbocycles. The quantitative estimate of drug-likeness (QED) is 0.590. The van der Waals surface area contributed by atoms with Crippen molar-refractivity contribution in [1.29, 1.82) is 0 Å².